The van der Waals surface area contributed by atoms with Crippen LogP contribution in [0.1, 0.15) is 18.9 Å². The zero-order valence-corrected chi connectivity index (χ0v) is 18.5. The first-order valence-corrected chi connectivity index (χ1v) is 9.35. The second-order valence-electron chi connectivity index (χ2n) is 6.77. The molecule has 160 valence electrons. The van der Waals surface area contributed by atoms with Crippen molar-refractivity contribution < 1.29 is 13.2 Å². The van der Waals surface area contributed by atoms with Gasteiger partial charge in [-0.1, -0.05) is 18.2 Å². The number of hydrogen-bond donors (Lipinski definition) is 2. The van der Waals surface area contributed by atoms with Gasteiger partial charge in [0, 0.05) is 38.1 Å². The standard InChI is InChI=1S/C19H25F3N6.HI/c1-2-24-18(26-16-7-9-27(12-16)13-19(20,21)22)25-11-15-5-3-4-6-17(15)28-10-8-23-14-28;/h3-6,8,10,14,16H,2,7,9,11-13H2,1H3,(H2,24,25,26);1H. The van der Waals surface area contributed by atoms with E-state index < -0.39 is 12.7 Å². The lowest BCUT2D eigenvalue weighted by Crippen LogP contribution is -2.45. The molecule has 0 radical (unpaired) electrons. The van der Waals surface area contributed by atoms with Gasteiger partial charge in [0.05, 0.1) is 25.1 Å². The summed E-state index contributed by atoms with van der Waals surface area (Å²) in [6.45, 7) is 3.00. The van der Waals surface area contributed by atoms with Gasteiger partial charge in [0.2, 0.25) is 0 Å². The lowest BCUT2D eigenvalue weighted by Gasteiger charge is -2.20. The SMILES string of the molecule is CCNC(=NCc1ccccc1-n1ccnc1)NC1CCN(CC(F)(F)F)C1.I. The molecule has 0 aliphatic carbocycles. The summed E-state index contributed by atoms with van der Waals surface area (Å²) in [5, 5.41) is 6.44. The number of imidazole rings is 1. The van der Waals surface area contributed by atoms with Gasteiger partial charge in [-0.15, -0.1) is 24.0 Å². The molecular formula is C19H26F3IN6. The fourth-order valence-corrected chi connectivity index (χ4v) is 3.32. The molecule has 0 amide bonds. The summed E-state index contributed by atoms with van der Waals surface area (Å²) in [5.74, 6) is 0.613. The fourth-order valence-electron chi connectivity index (χ4n) is 3.32. The molecule has 1 saturated heterocycles. The molecule has 3 rings (SSSR count). The Morgan fingerprint density at radius 1 is 1.31 bits per heavy atom. The van der Waals surface area contributed by atoms with Crippen LogP contribution in [0, 0.1) is 0 Å². The number of hydrogen-bond acceptors (Lipinski definition) is 3. The Hall–Kier alpha value is -1.82. The molecule has 2 N–H and O–H groups in total. The van der Waals surface area contributed by atoms with Crippen molar-refractivity contribution in [2.75, 3.05) is 26.2 Å². The van der Waals surface area contributed by atoms with Crippen molar-refractivity contribution >= 4 is 29.9 Å². The van der Waals surface area contributed by atoms with Crippen LogP contribution in [0.15, 0.2) is 48.0 Å². The van der Waals surface area contributed by atoms with Crippen molar-refractivity contribution in [1.29, 1.82) is 0 Å². The quantitative estimate of drug-likeness (QED) is 0.348. The van der Waals surface area contributed by atoms with Crippen LogP contribution >= 0.6 is 24.0 Å². The average molecular weight is 522 g/mol. The maximum absolute atomic E-state index is 12.6. The highest BCUT2D eigenvalue weighted by atomic mass is 127. The van der Waals surface area contributed by atoms with Gasteiger partial charge in [-0.2, -0.15) is 13.2 Å². The van der Waals surface area contributed by atoms with Crippen molar-refractivity contribution in [3.8, 4) is 5.69 Å². The Kier molecular flexibility index (Phi) is 8.75. The Balaban J connectivity index is 0.00000300. The smallest absolute Gasteiger partial charge is 0.357 e. The minimum Gasteiger partial charge on any atom is -0.357 e. The molecule has 29 heavy (non-hydrogen) atoms. The number of aliphatic imine (C=N–C) groups is 1. The third-order valence-electron chi connectivity index (χ3n) is 4.54. The number of guanidine groups is 1. The summed E-state index contributed by atoms with van der Waals surface area (Å²) in [6.07, 6.45) is 1.83. The molecular weight excluding hydrogens is 496 g/mol. The van der Waals surface area contributed by atoms with Crippen molar-refractivity contribution in [2.24, 2.45) is 4.99 Å². The number of likely N-dealkylation sites (tertiary alicyclic amines) is 1. The summed E-state index contributed by atoms with van der Waals surface area (Å²) in [7, 11) is 0. The van der Waals surface area contributed by atoms with Crippen LogP contribution < -0.4 is 10.6 Å². The van der Waals surface area contributed by atoms with Crippen LogP contribution in [-0.4, -0.2) is 58.8 Å². The monoisotopic (exact) mass is 522 g/mol. The van der Waals surface area contributed by atoms with E-state index in [4.69, 9.17) is 0 Å². The number of nitrogens with one attached hydrogen (secondary N) is 2. The largest absolute Gasteiger partial charge is 0.401 e. The lowest BCUT2D eigenvalue weighted by atomic mass is 10.2. The Bertz CT molecular complexity index is 779. The van der Waals surface area contributed by atoms with Crippen molar-refractivity contribution in [3.63, 3.8) is 0 Å². The van der Waals surface area contributed by atoms with E-state index in [1.807, 2.05) is 42.0 Å². The molecule has 6 nitrogen and oxygen atoms in total. The lowest BCUT2D eigenvalue weighted by molar-refractivity contribution is -0.143. The van der Waals surface area contributed by atoms with E-state index >= 15 is 0 Å². The third-order valence-corrected chi connectivity index (χ3v) is 4.54. The summed E-state index contributed by atoms with van der Waals surface area (Å²) in [4.78, 5) is 10.1. The minimum absolute atomic E-state index is 0. The molecule has 0 spiro atoms. The van der Waals surface area contributed by atoms with E-state index in [0.29, 0.717) is 38.6 Å². The van der Waals surface area contributed by atoms with Crippen molar-refractivity contribution in [3.05, 3.63) is 48.5 Å². The maximum Gasteiger partial charge on any atom is 0.401 e. The minimum atomic E-state index is -4.16. The van der Waals surface area contributed by atoms with E-state index in [-0.39, 0.29) is 30.0 Å². The normalized spacial score (nSPS) is 17.8. The highest BCUT2D eigenvalue weighted by Gasteiger charge is 2.34. The van der Waals surface area contributed by atoms with E-state index in [1.165, 1.54) is 4.90 Å². The van der Waals surface area contributed by atoms with Gasteiger partial charge in [-0.05, 0) is 25.0 Å². The van der Waals surface area contributed by atoms with Gasteiger partial charge in [0.15, 0.2) is 5.96 Å². The van der Waals surface area contributed by atoms with Gasteiger partial charge in [0.25, 0.3) is 0 Å². The van der Waals surface area contributed by atoms with Crippen molar-refractivity contribution in [2.45, 2.75) is 32.1 Å². The van der Waals surface area contributed by atoms with Crippen LogP contribution in [0.5, 0.6) is 0 Å². The predicted octanol–water partition coefficient (Wildman–Crippen LogP) is 3.18. The van der Waals surface area contributed by atoms with Crippen LogP contribution in [0.25, 0.3) is 5.69 Å². The van der Waals surface area contributed by atoms with Gasteiger partial charge < -0.3 is 15.2 Å². The molecule has 10 heteroatoms. The Morgan fingerprint density at radius 3 is 2.79 bits per heavy atom. The van der Waals surface area contributed by atoms with E-state index in [2.05, 4.69) is 20.6 Å². The van der Waals surface area contributed by atoms with Crippen LogP contribution in [0.2, 0.25) is 0 Å². The number of benzene rings is 1. The molecule has 0 saturated carbocycles. The van der Waals surface area contributed by atoms with Crippen LogP contribution in [0.3, 0.4) is 0 Å². The first kappa shape index (κ1) is 23.5. The summed E-state index contributed by atoms with van der Waals surface area (Å²) in [5.41, 5.74) is 2.03. The first-order valence-electron chi connectivity index (χ1n) is 9.35. The fraction of sp³-hybridized carbons (Fsp3) is 0.474. The highest BCUT2D eigenvalue weighted by molar-refractivity contribution is 14.0. The number of para-hydroxylation sites is 1. The molecule has 1 aromatic heterocycles. The van der Waals surface area contributed by atoms with Crippen molar-refractivity contribution in [1.82, 2.24) is 25.1 Å². The van der Waals surface area contributed by atoms with E-state index in [1.54, 1.807) is 12.5 Å². The molecule has 1 unspecified atom stereocenters. The summed E-state index contributed by atoms with van der Waals surface area (Å²) in [6, 6.07) is 7.86. The number of aromatic nitrogens is 2. The topological polar surface area (TPSA) is 57.5 Å². The van der Waals surface area contributed by atoms with E-state index in [0.717, 1.165) is 11.3 Å². The second kappa shape index (κ2) is 10.8. The highest BCUT2D eigenvalue weighted by Crippen LogP contribution is 2.20. The number of alkyl halides is 3. The second-order valence-corrected chi connectivity index (χ2v) is 6.77. The molecule has 1 aliphatic heterocycles. The Labute approximate surface area is 185 Å². The number of nitrogens with zero attached hydrogens (tertiary/aromatic N) is 4. The first-order chi connectivity index (χ1) is 13.4. The van der Waals surface area contributed by atoms with Gasteiger partial charge in [-0.25, -0.2) is 9.98 Å². The molecule has 1 aromatic carbocycles. The predicted molar refractivity (Wildman–Crippen MR) is 118 cm³/mol. The molecule has 1 aliphatic rings. The summed E-state index contributed by atoms with van der Waals surface area (Å²) < 4.78 is 39.7. The molecule has 2 heterocycles. The number of rotatable bonds is 6. The Morgan fingerprint density at radius 2 is 2.10 bits per heavy atom. The molecule has 0 bridgehead atoms. The summed E-state index contributed by atoms with van der Waals surface area (Å²) >= 11 is 0. The average Bonchev–Trinajstić information content (AvgIpc) is 3.31. The van der Waals surface area contributed by atoms with Gasteiger partial charge in [-0.3, -0.25) is 4.90 Å². The van der Waals surface area contributed by atoms with E-state index in [9.17, 15) is 13.2 Å². The van der Waals surface area contributed by atoms with Gasteiger partial charge in [0.1, 0.15) is 0 Å². The zero-order chi connectivity index (χ0) is 20.0. The molecule has 1 fully saturated rings. The van der Waals surface area contributed by atoms with Crippen LogP contribution in [-0.2, 0) is 6.54 Å². The molecule has 2 aromatic rings. The van der Waals surface area contributed by atoms with Gasteiger partial charge >= 0.3 is 6.18 Å². The third kappa shape index (κ3) is 7.18. The molecule has 1 atom stereocenters. The number of halogens is 4. The van der Waals surface area contributed by atoms with Crippen LogP contribution in [0.4, 0.5) is 13.2 Å². The zero-order valence-electron chi connectivity index (χ0n) is 16.2. The maximum atomic E-state index is 12.6.